The van der Waals surface area contributed by atoms with Crippen LogP contribution in [0.3, 0.4) is 0 Å². The third kappa shape index (κ3) is 4.49. The van der Waals surface area contributed by atoms with Crippen LogP contribution in [0.4, 0.5) is 5.95 Å². The lowest BCUT2D eigenvalue weighted by Gasteiger charge is -2.40. The third-order valence-electron chi connectivity index (χ3n) is 9.05. The first-order valence-corrected chi connectivity index (χ1v) is 14.7. The van der Waals surface area contributed by atoms with Crippen LogP contribution < -0.4 is 10.7 Å². The number of halogens is 1. The molecule has 1 N–H and O–H groups in total. The molecule has 11 nitrogen and oxygen atoms in total. The molecular formula is C28H33ClN8O3. The molecule has 0 radical (unpaired) electrons. The minimum absolute atomic E-state index is 0.149. The maximum absolute atomic E-state index is 11.8. The van der Waals surface area contributed by atoms with Crippen LogP contribution in [0.2, 0.25) is 5.02 Å². The zero-order chi connectivity index (χ0) is 27.4. The van der Waals surface area contributed by atoms with Gasteiger partial charge in [0.2, 0.25) is 17.6 Å². The zero-order valence-corrected chi connectivity index (χ0v) is 23.5. The van der Waals surface area contributed by atoms with Crippen LogP contribution in [-0.2, 0) is 4.74 Å². The van der Waals surface area contributed by atoms with Crippen LogP contribution in [0.1, 0.15) is 64.8 Å². The molecule has 1 saturated heterocycles. The zero-order valence-electron chi connectivity index (χ0n) is 22.7. The normalized spacial score (nSPS) is 25.8. The molecule has 210 valence electrons. The van der Waals surface area contributed by atoms with E-state index in [1.807, 2.05) is 6.07 Å². The molecule has 3 aliphatic rings. The van der Waals surface area contributed by atoms with Crippen LogP contribution in [0.25, 0.3) is 34.1 Å². The highest BCUT2D eigenvalue weighted by atomic mass is 35.5. The fourth-order valence-corrected chi connectivity index (χ4v) is 7.08. The summed E-state index contributed by atoms with van der Waals surface area (Å²) < 4.78 is 13.3. The van der Waals surface area contributed by atoms with Crippen molar-refractivity contribution < 1.29 is 9.26 Å². The number of hydrogen-bond donors (Lipinski definition) is 1. The highest BCUT2D eigenvalue weighted by molar-refractivity contribution is 6.30. The summed E-state index contributed by atoms with van der Waals surface area (Å²) in [6, 6.07) is 2.29. The number of nitrogens with one attached hydrogen (secondary N) is 1. The molecular weight excluding hydrogens is 532 g/mol. The number of H-pyrrole nitrogens is 1. The minimum Gasteiger partial charge on any atom is -0.374 e. The Morgan fingerprint density at radius 2 is 1.95 bits per heavy atom. The number of hydrogen-bond acceptors (Lipinski definition) is 9. The van der Waals surface area contributed by atoms with Gasteiger partial charge in [0.05, 0.1) is 23.8 Å². The number of aromatic nitrogens is 7. The van der Waals surface area contributed by atoms with E-state index >= 15 is 0 Å². The van der Waals surface area contributed by atoms with Crippen molar-refractivity contribution >= 4 is 28.7 Å². The lowest BCUT2D eigenvalue weighted by molar-refractivity contribution is 0.0245. The summed E-state index contributed by atoms with van der Waals surface area (Å²) in [5, 5.41) is 4.36. The quantitative estimate of drug-likeness (QED) is 0.355. The Morgan fingerprint density at radius 1 is 1.10 bits per heavy atom. The molecule has 5 heterocycles. The van der Waals surface area contributed by atoms with Gasteiger partial charge in [-0.15, -0.1) is 0 Å². The van der Waals surface area contributed by atoms with E-state index in [1.54, 1.807) is 12.4 Å². The highest BCUT2D eigenvalue weighted by Gasteiger charge is 2.40. The molecule has 0 spiro atoms. The molecule has 2 aliphatic carbocycles. The summed E-state index contributed by atoms with van der Waals surface area (Å²) in [5.41, 5.74) is 2.76. The van der Waals surface area contributed by atoms with Crippen molar-refractivity contribution in [2.75, 3.05) is 18.1 Å². The van der Waals surface area contributed by atoms with E-state index in [0.717, 1.165) is 48.8 Å². The van der Waals surface area contributed by atoms with Gasteiger partial charge < -0.3 is 14.2 Å². The first-order valence-electron chi connectivity index (χ1n) is 14.3. The average Bonchev–Trinajstić information content (AvgIpc) is 3.70. The first kappa shape index (κ1) is 25.6. The van der Waals surface area contributed by atoms with Crippen LogP contribution in [0.5, 0.6) is 0 Å². The number of pyridine rings is 1. The van der Waals surface area contributed by atoms with E-state index in [9.17, 15) is 4.79 Å². The van der Waals surface area contributed by atoms with Gasteiger partial charge in [-0.25, -0.2) is 14.8 Å². The standard InChI is InChI=1S/C28H33ClN8O3/c1-15-6-8-17(9-7-15)16(2)37-23-22(18-12-19(29)14-30-13-18)31-25(26-34-28(38)40-35-26)32-24(23)33-27(37)36-10-11-39-21-5-3-4-20(21)36/h12-17,20-21H,3-11H2,1-2H3,(H,34,35,38)/t15-,16?,17-,20?,21?. The average molecular weight is 565 g/mol. The summed E-state index contributed by atoms with van der Waals surface area (Å²) >= 11 is 6.41. The maximum Gasteiger partial charge on any atom is 0.439 e. The molecule has 2 saturated carbocycles. The second-order valence-corrected chi connectivity index (χ2v) is 12.0. The Morgan fingerprint density at radius 3 is 2.73 bits per heavy atom. The molecule has 7 rings (SSSR count). The van der Waals surface area contributed by atoms with Gasteiger partial charge in [0.1, 0.15) is 11.2 Å². The topological polar surface area (TPSA) is 128 Å². The van der Waals surface area contributed by atoms with E-state index in [1.165, 1.54) is 25.7 Å². The van der Waals surface area contributed by atoms with E-state index in [-0.39, 0.29) is 29.8 Å². The monoisotopic (exact) mass is 564 g/mol. The summed E-state index contributed by atoms with van der Waals surface area (Å²) in [5.74, 6) is 1.86. The summed E-state index contributed by atoms with van der Waals surface area (Å²) in [6.07, 6.45) is 11.6. The fourth-order valence-electron chi connectivity index (χ4n) is 6.91. The van der Waals surface area contributed by atoms with Crippen molar-refractivity contribution in [2.45, 2.75) is 77.0 Å². The lowest BCUT2D eigenvalue weighted by atomic mass is 9.79. The number of nitrogens with zero attached hydrogens (tertiary/aromatic N) is 7. The third-order valence-corrected chi connectivity index (χ3v) is 9.25. The fraction of sp³-hybridized carbons (Fsp3) is 0.571. The van der Waals surface area contributed by atoms with Crippen molar-refractivity contribution in [3.8, 4) is 22.9 Å². The van der Waals surface area contributed by atoms with Crippen molar-refractivity contribution in [1.29, 1.82) is 0 Å². The summed E-state index contributed by atoms with van der Waals surface area (Å²) in [7, 11) is 0. The predicted molar refractivity (Wildman–Crippen MR) is 150 cm³/mol. The van der Waals surface area contributed by atoms with Crippen molar-refractivity contribution in [2.24, 2.45) is 11.8 Å². The van der Waals surface area contributed by atoms with Crippen LogP contribution in [0.15, 0.2) is 27.8 Å². The van der Waals surface area contributed by atoms with Crippen molar-refractivity contribution in [3.63, 3.8) is 0 Å². The van der Waals surface area contributed by atoms with E-state index in [0.29, 0.717) is 28.9 Å². The molecule has 12 heteroatoms. The predicted octanol–water partition coefficient (Wildman–Crippen LogP) is 5.03. The SMILES string of the molecule is CC([C@H]1CC[C@H](C)CC1)n1c(N2CCOC3CCCC32)nc2nc(-c3noc(=O)[nH]3)nc(-c3cncc(Cl)c3)c21. The molecule has 0 bridgehead atoms. The number of morpholine rings is 1. The van der Waals surface area contributed by atoms with Gasteiger partial charge in [0, 0.05) is 30.5 Å². The van der Waals surface area contributed by atoms with Gasteiger partial charge in [0.15, 0.2) is 5.65 Å². The summed E-state index contributed by atoms with van der Waals surface area (Å²) in [4.78, 5) is 36.1. The number of anilines is 1. The lowest BCUT2D eigenvalue weighted by Crippen LogP contribution is -2.50. The van der Waals surface area contributed by atoms with Crippen molar-refractivity contribution in [1.82, 2.24) is 34.6 Å². The molecule has 0 aromatic carbocycles. The Bertz CT molecular complexity index is 1590. The Balaban J connectivity index is 1.47. The highest BCUT2D eigenvalue weighted by Crippen LogP contribution is 2.43. The summed E-state index contributed by atoms with van der Waals surface area (Å²) in [6.45, 7) is 6.09. The van der Waals surface area contributed by atoms with Crippen molar-refractivity contribution in [3.05, 3.63) is 34.0 Å². The Hall–Kier alpha value is -3.31. The van der Waals surface area contributed by atoms with Crippen LogP contribution >= 0.6 is 11.6 Å². The van der Waals surface area contributed by atoms with Gasteiger partial charge in [-0.05, 0) is 56.9 Å². The number of aromatic amines is 1. The smallest absolute Gasteiger partial charge is 0.374 e. The second kappa shape index (κ2) is 10.3. The molecule has 3 fully saturated rings. The van der Waals surface area contributed by atoms with Gasteiger partial charge >= 0.3 is 5.76 Å². The van der Waals surface area contributed by atoms with Gasteiger partial charge in [-0.1, -0.05) is 36.5 Å². The Labute approximate surface area is 236 Å². The first-order chi connectivity index (χ1) is 19.5. The van der Waals surface area contributed by atoms with E-state index in [2.05, 4.69) is 38.4 Å². The van der Waals surface area contributed by atoms with E-state index < -0.39 is 5.76 Å². The van der Waals surface area contributed by atoms with Crippen LogP contribution in [0, 0.1) is 11.8 Å². The molecule has 4 aromatic heterocycles. The van der Waals surface area contributed by atoms with Gasteiger partial charge in [-0.2, -0.15) is 4.98 Å². The number of ether oxygens (including phenoxy) is 1. The largest absolute Gasteiger partial charge is 0.439 e. The number of rotatable bonds is 5. The number of imidazole rings is 1. The molecule has 0 amide bonds. The van der Waals surface area contributed by atoms with Gasteiger partial charge in [0.25, 0.3) is 0 Å². The second-order valence-electron chi connectivity index (χ2n) is 11.5. The minimum atomic E-state index is -0.670. The molecule has 3 atom stereocenters. The van der Waals surface area contributed by atoms with Gasteiger partial charge in [-0.3, -0.25) is 14.5 Å². The molecule has 1 aliphatic heterocycles. The molecule has 40 heavy (non-hydrogen) atoms. The Kier molecular flexibility index (Phi) is 6.58. The maximum atomic E-state index is 11.8. The van der Waals surface area contributed by atoms with E-state index in [4.69, 9.17) is 35.8 Å². The number of fused-ring (bicyclic) bond motifs is 2. The van der Waals surface area contributed by atoms with Crippen LogP contribution in [-0.4, -0.2) is 59.9 Å². The molecule has 3 unspecified atom stereocenters. The molecule has 4 aromatic rings.